The van der Waals surface area contributed by atoms with E-state index in [-0.39, 0.29) is 11.9 Å². The van der Waals surface area contributed by atoms with E-state index in [0.717, 1.165) is 12.0 Å². The molecule has 22 heavy (non-hydrogen) atoms. The molecular formula is C18H22O4. The number of hydrogen-bond acceptors (Lipinski definition) is 4. The van der Waals surface area contributed by atoms with Gasteiger partial charge >= 0.3 is 5.97 Å². The van der Waals surface area contributed by atoms with Crippen molar-refractivity contribution in [2.24, 2.45) is 11.8 Å². The second-order valence-electron chi connectivity index (χ2n) is 6.26. The van der Waals surface area contributed by atoms with Gasteiger partial charge in [0, 0.05) is 6.92 Å². The van der Waals surface area contributed by atoms with Crippen molar-refractivity contribution in [1.82, 2.24) is 0 Å². The predicted molar refractivity (Wildman–Crippen MR) is 81.7 cm³/mol. The van der Waals surface area contributed by atoms with Crippen LogP contribution in [-0.2, 0) is 24.6 Å². The van der Waals surface area contributed by atoms with E-state index in [4.69, 9.17) is 14.2 Å². The number of ether oxygens (including phenoxy) is 3. The molecule has 0 N–H and O–H groups in total. The number of benzene rings is 1. The molecule has 3 rings (SSSR count). The summed E-state index contributed by atoms with van der Waals surface area (Å²) in [4.78, 5) is 12.8. The third-order valence-electron chi connectivity index (χ3n) is 4.64. The molecule has 2 heterocycles. The van der Waals surface area contributed by atoms with E-state index in [9.17, 15) is 4.79 Å². The maximum atomic E-state index is 12.8. The fourth-order valence-corrected chi connectivity index (χ4v) is 3.07. The summed E-state index contributed by atoms with van der Waals surface area (Å²) in [6.07, 6.45) is 4.47. The van der Waals surface area contributed by atoms with Crippen molar-refractivity contribution in [1.29, 1.82) is 0 Å². The van der Waals surface area contributed by atoms with Crippen LogP contribution in [0.5, 0.6) is 0 Å². The van der Waals surface area contributed by atoms with Crippen molar-refractivity contribution < 1.29 is 19.0 Å². The minimum atomic E-state index is -1.10. The lowest BCUT2D eigenvalue weighted by molar-refractivity contribution is -0.377. The molecule has 0 aliphatic carbocycles. The molecule has 0 aromatic heterocycles. The lowest BCUT2D eigenvalue weighted by Crippen LogP contribution is -2.67. The SMILES string of the molecule is CC[C@H](C)COC(=O)[C@]1(c2ccccc2)O[C@]2(C)OC=C[C@@H]21. The molecule has 1 aromatic carbocycles. The van der Waals surface area contributed by atoms with Gasteiger partial charge in [0.25, 0.3) is 0 Å². The molecule has 4 heteroatoms. The summed E-state index contributed by atoms with van der Waals surface area (Å²) >= 11 is 0. The molecule has 0 spiro atoms. The van der Waals surface area contributed by atoms with Gasteiger partial charge < -0.3 is 14.2 Å². The number of esters is 1. The minimum absolute atomic E-state index is 0.174. The van der Waals surface area contributed by atoms with Crippen LogP contribution >= 0.6 is 0 Å². The zero-order valence-corrected chi connectivity index (χ0v) is 13.2. The first kappa shape index (κ1) is 15.1. The highest BCUT2D eigenvalue weighted by Crippen LogP contribution is 2.58. The summed E-state index contributed by atoms with van der Waals surface area (Å²) < 4.78 is 17.1. The fourth-order valence-electron chi connectivity index (χ4n) is 3.07. The Morgan fingerprint density at radius 2 is 2.09 bits per heavy atom. The standard InChI is InChI=1S/C18H22O4/c1-4-13(2)12-20-16(19)18(14-8-6-5-7-9-14)15-10-11-21-17(15,3)22-18/h5-11,13,15H,4,12H2,1-3H3/t13-,15-,17-,18+/m0/s1. The van der Waals surface area contributed by atoms with Gasteiger partial charge in [-0.1, -0.05) is 50.6 Å². The number of rotatable bonds is 5. The Hall–Kier alpha value is -1.81. The van der Waals surface area contributed by atoms with Crippen LogP contribution in [0.4, 0.5) is 0 Å². The van der Waals surface area contributed by atoms with E-state index in [1.165, 1.54) is 0 Å². The molecule has 0 amide bonds. The quantitative estimate of drug-likeness (QED) is 0.782. The zero-order valence-electron chi connectivity index (χ0n) is 13.2. The number of hydrogen-bond donors (Lipinski definition) is 0. The average Bonchev–Trinajstić information content (AvgIpc) is 2.84. The summed E-state index contributed by atoms with van der Waals surface area (Å²) in [5.74, 6) is -0.951. The average molecular weight is 302 g/mol. The molecule has 2 aliphatic heterocycles. The van der Waals surface area contributed by atoms with Crippen LogP contribution in [0.3, 0.4) is 0 Å². The van der Waals surface area contributed by atoms with Gasteiger partial charge in [0.2, 0.25) is 11.4 Å². The van der Waals surface area contributed by atoms with Crippen LogP contribution in [0.1, 0.15) is 32.8 Å². The van der Waals surface area contributed by atoms with Crippen molar-refractivity contribution in [2.75, 3.05) is 6.61 Å². The van der Waals surface area contributed by atoms with Gasteiger partial charge in [-0.2, -0.15) is 0 Å². The Kier molecular flexibility index (Phi) is 3.73. The molecule has 2 aliphatic rings. The Balaban J connectivity index is 1.89. The molecule has 0 radical (unpaired) electrons. The highest BCUT2D eigenvalue weighted by molar-refractivity contribution is 5.84. The van der Waals surface area contributed by atoms with Gasteiger partial charge in [0.15, 0.2) is 0 Å². The van der Waals surface area contributed by atoms with Crippen molar-refractivity contribution in [3.63, 3.8) is 0 Å². The lowest BCUT2D eigenvalue weighted by atomic mass is 9.71. The Bertz CT molecular complexity index is 582. The number of carbonyl (C=O) groups excluding carboxylic acids is 1. The summed E-state index contributed by atoms with van der Waals surface area (Å²) in [6.45, 7) is 6.39. The summed E-state index contributed by atoms with van der Waals surface area (Å²) in [7, 11) is 0. The van der Waals surface area contributed by atoms with Gasteiger partial charge in [-0.05, 0) is 17.6 Å². The normalized spacial score (nSPS) is 33.5. The van der Waals surface area contributed by atoms with E-state index >= 15 is 0 Å². The molecule has 1 aromatic rings. The van der Waals surface area contributed by atoms with Gasteiger partial charge in [0.05, 0.1) is 18.8 Å². The highest BCUT2D eigenvalue weighted by Gasteiger charge is 2.71. The summed E-state index contributed by atoms with van der Waals surface area (Å²) in [5, 5.41) is 0. The Labute approximate surface area is 131 Å². The van der Waals surface area contributed by atoms with Crippen molar-refractivity contribution >= 4 is 5.97 Å². The molecule has 4 nitrogen and oxygen atoms in total. The highest BCUT2D eigenvalue weighted by atomic mass is 16.7. The maximum Gasteiger partial charge on any atom is 0.344 e. The zero-order chi connectivity index (χ0) is 15.8. The number of carbonyl (C=O) groups is 1. The molecule has 4 atom stereocenters. The van der Waals surface area contributed by atoms with Crippen LogP contribution in [0.15, 0.2) is 42.7 Å². The van der Waals surface area contributed by atoms with Crippen molar-refractivity contribution in [2.45, 2.75) is 38.6 Å². The molecular weight excluding hydrogens is 280 g/mol. The van der Waals surface area contributed by atoms with Crippen LogP contribution in [0.2, 0.25) is 0 Å². The van der Waals surface area contributed by atoms with Crippen LogP contribution < -0.4 is 0 Å². The first-order chi connectivity index (χ1) is 10.5. The molecule has 1 fully saturated rings. The van der Waals surface area contributed by atoms with E-state index in [1.807, 2.05) is 43.3 Å². The van der Waals surface area contributed by atoms with E-state index in [2.05, 4.69) is 13.8 Å². The van der Waals surface area contributed by atoms with Crippen LogP contribution in [0.25, 0.3) is 0 Å². The first-order valence-electron chi connectivity index (χ1n) is 7.80. The van der Waals surface area contributed by atoms with E-state index in [1.54, 1.807) is 6.26 Å². The topological polar surface area (TPSA) is 44.8 Å². The Morgan fingerprint density at radius 3 is 2.73 bits per heavy atom. The van der Waals surface area contributed by atoms with E-state index in [0.29, 0.717) is 12.5 Å². The molecule has 0 unspecified atom stereocenters. The maximum absolute atomic E-state index is 12.8. The van der Waals surface area contributed by atoms with Gasteiger partial charge in [-0.25, -0.2) is 4.79 Å². The lowest BCUT2D eigenvalue weighted by Gasteiger charge is -2.54. The molecule has 118 valence electrons. The predicted octanol–water partition coefficient (Wildman–Crippen LogP) is 3.38. The minimum Gasteiger partial charge on any atom is -0.470 e. The van der Waals surface area contributed by atoms with E-state index < -0.39 is 11.4 Å². The monoisotopic (exact) mass is 302 g/mol. The molecule has 1 saturated heterocycles. The number of fused-ring (bicyclic) bond motifs is 1. The third-order valence-corrected chi connectivity index (χ3v) is 4.64. The second kappa shape index (κ2) is 5.43. The van der Waals surface area contributed by atoms with Crippen LogP contribution in [-0.4, -0.2) is 18.4 Å². The Morgan fingerprint density at radius 1 is 1.36 bits per heavy atom. The first-order valence-corrected chi connectivity index (χ1v) is 7.80. The molecule has 0 saturated carbocycles. The van der Waals surface area contributed by atoms with Gasteiger partial charge in [-0.15, -0.1) is 0 Å². The second-order valence-corrected chi connectivity index (χ2v) is 6.26. The summed E-state index contributed by atoms with van der Waals surface area (Å²) in [5.41, 5.74) is -0.294. The van der Waals surface area contributed by atoms with Crippen molar-refractivity contribution in [3.8, 4) is 0 Å². The van der Waals surface area contributed by atoms with Crippen LogP contribution in [0, 0.1) is 11.8 Å². The fraction of sp³-hybridized carbons (Fsp3) is 0.500. The van der Waals surface area contributed by atoms with Gasteiger partial charge in [-0.3, -0.25) is 0 Å². The largest absolute Gasteiger partial charge is 0.470 e. The van der Waals surface area contributed by atoms with Crippen molar-refractivity contribution in [3.05, 3.63) is 48.2 Å². The smallest absolute Gasteiger partial charge is 0.344 e. The van der Waals surface area contributed by atoms with Gasteiger partial charge in [0.1, 0.15) is 0 Å². The third kappa shape index (κ3) is 2.13. The molecule has 0 bridgehead atoms. The summed E-state index contributed by atoms with van der Waals surface area (Å²) in [6, 6.07) is 9.52.